The predicted molar refractivity (Wildman–Crippen MR) is 120 cm³/mol. The lowest BCUT2D eigenvalue weighted by Gasteiger charge is -2.19. The van der Waals surface area contributed by atoms with E-state index in [1.165, 1.54) is 6.33 Å². The molecule has 4 heterocycles. The van der Waals surface area contributed by atoms with Gasteiger partial charge in [-0.05, 0) is 37.1 Å². The topological polar surface area (TPSA) is 106 Å². The highest BCUT2D eigenvalue weighted by Crippen LogP contribution is 2.32. The Balaban J connectivity index is 1.27. The van der Waals surface area contributed by atoms with Crippen LogP contribution in [0.3, 0.4) is 0 Å². The zero-order chi connectivity index (χ0) is 21.9. The third-order valence-corrected chi connectivity index (χ3v) is 5.98. The van der Waals surface area contributed by atoms with Crippen LogP contribution >= 0.6 is 0 Å². The molecule has 2 aliphatic rings. The number of nitrogens with zero attached hydrogens (tertiary/aromatic N) is 5. The molecule has 9 nitrogen and oxygen atoms in total. The summed E-state index contributed by atoms with van der Waals surface area (Å²) < 4.78 is 10.6. The van der Waals surface area contributed by atoms with Crippen LogP contribution in [0.2, 0.25) is 0 Å². The summed E-state index contributed by atoms with van der Waals surface area (Å²) >= 11 is 0. The molecular weight excluding hydrogens is 408 g/mol. The fourth-order valence-corrected chi connectivity index (χ4v) is 4.26. The normalized spacial score (nSPS) is 20.6. The largest absolute Gasteiger partial charge is 0.507 e. The van der Waals surface area contributed by atoms with Gasteiger partial charge < -0.3 is 24.8 Å². The number of hydrogen-bond acceptors (Lipinski definition) is 9. The van der Waals surface area contributed by atoms with Crippen LogP contribution in [0, 0.1) is 0 Å². The Bertz CT molecular complexity index is 1070. The van der Waals surface area contributed by atoms with E-state index in [2.05, 4.69) is 30.4 Å². The monoisotopic (exact) mass is 434 g/mol. The number of aromatic nitrogens is 4. The number of benzene rings is 1. The van der Waals surface area contributed by atoms with Gasteiger partial charge in [0.2, 0.25) is 5.88 Å². The van der Waals surface area contributed by atoms with E-state index in [1.807, 2.05) is 24.3 Å². The number of phenols is 1. The maximum Gasteiger partial charge on any atom is 0.216 e. The number of nitrogens with one attached hydrogen (secondary N) is 1. The molecule has 2 aliphatic heterocycles. The molecule has 0 bridgehead atoms. The molecule has 5 rings (SSSR count). The number of aromatic hydroxyl groups is 1. The van der Waals surface area contributed by atoms with Gasteiger partial charge in [-0.2, -0.15) is 0 Å². The Kier molecular flexibility index (Phi) is 5.83. The Morgan fingerprint density at radius 2 is 2.00 bits per heavy atom. The van der Waals surface area contributed by atoms with Crippen molar-refractivity contribution in [2.75, 3.05) is 38.3 Å². The first kappa shape index (κ1) is 20.6. The number of rotatable bonds is 6. The van der Waals surface area contributed by atoms with Crippen molar-refractivity contribution in [1.29, 1.82) is 0 Å². The summed E-state index contributed by atoms with van der Waals surface area (Å²) in [5.41, 5.74) is 2.67. The minimum absolute atomic E-state index is 0.117. The summed E-state index contributed by atoms with van der Waals surface area (Å²) in [6.45, 7) is 3.51. The molecule has 2 aromatic heterocycles. The third kappa shape index (κ3) is 4.35. The number of anilines is 1. The minimum Gasteiger partial charge on any atom is -0.507 e. The molecule has 0 spiro atoms. The molecular formula is C23H26N6O3. The summed E-state index contributed by atoms with van der Waals surface area (Å²) in [6.07, 6.45) is 3.59. The average molecular weight is 435 g/mol. The van der Waals surface area contributed by atoms with Crippen LogP contribution in [-0.2, 0) is 4.74 Å². The smallest absolute Gasteiger partial charge is 0.216 e. The second-order valence-electron chi connectivity index (χ2n) is 8.11. The Hall–Kier alpha value is -3.30. The van der Waals surface area contributed by atoms with Gasteiger partial charge >= 0.3 is 0 Å². The minimum atomic E-state index is 0.117. The van der Waals surface area contributed by atoms with Crippen LogP contribution in [0.15, 0.2) is 42.7 Å². The zero-order valence-electron chi connectivity index (χ0n) is 17.9. The molecule has 2 fully saturated rings. The maximum atomic E-state index is 10.6. The molecule has 9 heteroatoms. The van der Waals surface area contributed by atoms with E-state index in [0.29, 0.717) is 34.9 Å². The Morgan fingerprint density at radius 1 is 1.06 bits per heavy atom. The number of phenolic OH excluding ortho intramolecular Hbond substituents is 1. The van der Waals surface area contributed by atoms with Gasteiger partial charge in [0.1, 0.15) is 12.1 Å². The summed E-state index contributed by atoms with van der Waals surface area (Å²) in [5, 5.41) is 23.1. The number of methoxy groups -OCH3 is 1. The summed E-state index contributed by atoms with van der Waals surface area (Å²) in [6, 6.07) is 11.9. The van der Waals surface area contributed by atoms with E-state index in [1.54, 1.807) is 19.2 Å². The predicted octanol–water partition coefficient (Wildman–Crippen LogP) is 2.27. The van der Waals surface area contributed by atoms with Crippen molar-refractivity contribution in [3.63, 3.8) is 0 Å². The van der Waals surface area contributed by atoms with E-state index in [0.717, 1.165) is 50.5 Å². The first-order valence-electron chi connectivity index (χ1n) is 10.8. The van der Waals surface area contributed by atoms with Gasteiger partial charge in [-0.3, -0.25) is 0 Å². The highest BCUT2D eigenvalue weighted by Gasteiger charge is 2.27. The molecule has 2 saturated heterocycles. The lowest BCUT2D eigenvalue weighted by Crippen LogP contribution is -2.40. The lowest BCUT2D eigenvalue weighted by atomic mass is 10.1. The van der Waals surface area contributed by atoms with E-state index in [-0.39, 0.29) is 5.75 Å². The second kappa shape index (κ2) is 9.05. The van der Waals surface area contributed by atoms with E-state index < -0.39 is 0 Å². The van der Waals surface area contributed by atoms with Crippen molar-refractivity contribution in [2.45, 2.75) is 24.9 Å². The molecule has 0 saturated carbocycles. The molecule has 32 heavy (non-hydrogen) atoms. The Labute approximate surface area is 186 Å². The summed E-state index contributed by atoms with van der Waals surface area (Å²) in [7, 11) is 1.55. The van der Waals surface area contributed by atoms with Gasteiger partial charge in [-0.1, -0.05) is 6.07 Å². The van der Waals surface area contributed by atoms with Crippen LogP contribution in [0.25, 0.3) is 22.5 Å². The van der Waals surface area contributed by atoms with Crippen LogP contribution in [0.4, 0.5) is 5.82 Å². The van der Waals surface area contributed by atoms with Gasteiger partial charge in [0.25, 0.3) is 0 Å². The molecule has 2 atom stereocenters. The van der Waals surface area contributed by atoms with E-state index in [9.17, 15) is 5.11 Å². The van der Waals surface area contributed by atoms with Gasteiger partial charge in [0, 0.05) is 49.0 Å². The molecule has 0 radical (unpaired) electrons. The van der Waals surface area contributed by atoms with Crippen molar-refractivity contribution in [1.82, 2.24) is 25.5 Å². The molecule has 3 aromatic rings. The van der Waals surface area contributed by atoms with Crippen LogP contribution in [0.5, 0.6) is 11.6 Å². The highest BCUT2D eigenvalue weighted by molar-refractivity contribution is 5.73. The lowest BCUT2D eigenvalue weighted by molar-refractivity contribution is 0.188. The second-order valence-corrected chi connectivity index (χ2v) is 8.11. The van der Waals surface area contributed by atoms with E-state index >= 15 is 0 Å². The highest BCUT2D eigenvalue weighted by atomic mass is 16.5. The van der Waals surface area contributed by atoms with Gasteiger partial charge in [-0.25, -0.2) is 9.97 Å². The van der Waals surface area contributed by atoms with Crippen molar-refractivity contribution in [2.24, 2.45) is 0 Å². The average Bonchev–Trinajstić information content (AvgIpc) is 3.52. The summed E-state index contributed by atoms with van der Waals surface area (Å²) in [4.78, 5) is 10.5. The molecule has 2 N–H and O–H groups in total. The van der Waals surface area contributed by atoms with Crippen molar-refractivity contribution >= 4 is 5.82 Å². The molecule has 1 aromatic carbocycles. The van der Waals surface area contributed by atoms with Crippen LogP contribution in [-0.4, -0.2) is 70.8 Å². The van der Waals surface area contributed by atoms with Crippen molar-refractivity contribution in [3.8, 4) is 34.1 Å². The van der Waals surface area contributed by atoms with Crippen LogP contribution in [0.1, 0.15) is 12.8 Å². The molecule has 0 unspecified atom stereocenters. The molecule has 166 valence electrons. The fraction of sp³-hybridized carbons (Fsp3) is 0.391. The fourth-order valence-electron chi connectivity index (χ4n) is 4.26. The van der Waals surface area contributed by atoms with Gasteiger partial charge in [0.15, 0.2) is 5.82 Å². The number of ether oxygens (including phenoxy) is 2. The third-order valence-electron chi connectivity index (χ3n) is 5.98. The van der Waals surface area contributed by atoms with Crippen LogP contribution < -0.4 is 15.0 Å². The first-order valence-corrected chi connectivity index (χ1v) is 10.8. The quantitative estimate of drug-likeness (QED) is 0.604. The van der Waals surface area contributed by atoms with E-state index in [4.69, 9.17) is 9.47 Å². The number of hydrogen-bond donors (Lipinski definition) is 2. The maximum absolute atomic E-state index is 10.6. The molecule has 0 amide bonds. The SMILES string of the molecule is COc1cc(-c2ccc(-c3ccc(N4CC[C@@H](N[C@H]5CCOC5)C4)nn3)c(O)c2)ncn1. The Morgan fingerprint density at radius 3 is 2.75 bits per heavy atom. The van der Waals surface area contributed by atoms with Crippen molar-refractivity contribution < 1.29 is 14.6 Å². The van der Waals surface area contributed by atoms with Crippen molar-refractivity contribution in [3.05, 3.63) is 42.7 Å². The first-order chi connectivity index (χ1) is 15.7. The molecule has 0 aliphatic carbocycles. The summed E-state index contributed by atoms with van der Waals surface area (Å²) in [5.74, 6) is 1.44. The standard InChI is InChI=1S/C23H26N6O3/c1-31-23-11-20(24-14-25-23)15-2-3-18(21(30)10-15)19-4-5-22(28-27-19)29-8-6-16(12-29)26-17-7-9-32-13-17/h2-5,10-11,14,16-17,26,30H,6-9,12-13H2,1H3/t16-,17+/m1/s1. The van der Waals surface area contributed by atoms with Gasteiger partial charge in [0.05, 0.1) is 25.1 Å². The zero-order valence-corrected chi connectivity index (χ0v) is 17.9. The van der Waals surface area contributed by atoms with Gasteiger partial charge in [-0.15, -0.1) is 10.2 Å².